The van der Waals surface area contributed by atoms with E-state index in [1.807, 2.05) is 16.3 Å². The number of H-pyrrole nitrogens is 1. The number of nitrogens with one attached hydrogen (secondary N) is 2. The van der Waals surface area contributed by atoms with Crippen LogP contribution in [0.3, 0.4) is 0 Å². The molecule has 0 bridgehead atoms. The van der Waals surface area contributed by atoms with E-state index in [-0.39, 0.29) is 24.3 Å². The normalized spacial score (nSPS) is 13.7. The van der Waals surface area contributed by atoms with Gasteiger partial charge in [-0.2, -0.15) is 0 Å². The number of ether oxygens (including phenoxy) is 2. The van der Waals surface area contributed by atoms with Gasteiger partial charge in [0.15, 0.2) is 5.13 Å². The van der Waals surface area contributed by atoms with Gasteiger partial charge in [0.25, 0.3) is 5.56 Å². The lowest BCUT2D eigenvalue weighted by Crippen LogP contribution is -2.38. The first-order chi connectivity index (χ1) is 15.9. The minimum atomic E-state index is -0.222. The van der Waals surface area contributed by atoms with Gasteiger partial charge in [0.2, 0.25) is 11.9 Å². The Morgan fingerprint density at radius 3 is 2.82 bits per heavy atom. The number of aryl methyl sites for hydroxylation is 1. The smallest absolute Gasteiger partial charge is 0.255 e. The van der Waals surface area contributed by atoms with Gasteiger partial charge in [0, 0.05) is 41.7 Å². The van der Waals surface area contributed by atoms with Crippen LogP contribution in [0.5, 0.6) is 5.75 Å². The number of aromatic nitrogens is 3. The molecule has 1 aromatic carbocycles. The zero-order chi connectivity index (χ0) is 23.4. The first-order valence-corrected chi connectivity index (χ1v) is 11.7. The summed E-state index contributed by atoms with van der Waals surface area (Å²) in [6.45, 7) is 4.37. The molecule has 1 aliphatic heterocycles. The van der Waals surface area contributed by atoms with Gasteiger partial charge in [-0.1, -0.05) is 11.6 Å². The average Bonchev–Trinajstić information content (AvgIpc) is 3.27. The zero-order valence-electron chi connectivity index (χ0n) is 18.3. The van der Waals surface area contributed by atoms with E-state index in [9.17, 15) is 9.59 Å². The highest BCUT2D eigenvalue weighted by atomic mass is 35.5. The number of thiazole rings is 1. The van der Waals surface area contributed by atoms with Crippen LogP contribution in [0.25, 0.3) is 11.3 Å². The van der Waals surface area contributed by atoms with E-state index in [1.54, 1.807) is 26.2 Å². The molecule has 174 valence electrons. The standard InChI is InChI=1S/C22H24ClN5O4S/c1-13-15(20(30)27-21(24-13)28-7-9-32-10-8-28)4-6-19(29)26-22-25-17(12-33-22)14-3-5-18(31-2)16(23)11-14/h3,5,11-12H,4,6-10H2,1-2H3,(H,24,27,30)(H,25,26,29). The molecule has 3 aromatic rings. The molecule has 0 spiro atoms. The summed E-state index contributed by atoms with van der Waals surface area (Å²) in [5.41, 5.74) is 2.45. The summed E-state index contributed by atoms with van der Waals surface area (Å²) in [7, 11) is 1.56. The second-order valence-electron chi connectivity index (χ2n) is 7.49. The summed E-state index contributed by atoms with van der Waals surface area (Å²) in [6, 6.07) is 5.39. The first-order valence-electron chi connectivity index (χ1n) is 10.5. The van der Waals surface area contributed by atoms with E-state index in [0.717, 1.165) is 5.56 Å². The molecule has 2 N–H and O–H groups in total. The molecule has 0 saturated carbocycles. The van der Waals surface area contributed by atoms with Crippen LogP contribution in [0.1, 0.15) is 17.7 Å². The van der Waals surface area contributed by atoms with Crippen LogP contribution in [0, 0.1) is 6.92 Å². The minimum absolute atomic E-state index is 0.145. The molecule has 2 aromatic heterocycles. The molecule has 1 saturated heterocycles. The molecule has 0 atom stereocenters. The Bertz CT molecular complexity index is 1210. The van der Waals surface area contributed by atoms with Crippen LogP contribution < -0.4 is 20.5 Å². The molecule has 3 heterocycles. The Balaban J connectivity index is 1.37. The highest BCUT2D eigenvalue weighted by molar-refractivity contribution is 7.14. The number of hydrogen-bond acceptors (Lipinski definition) is 8. The van der Waals surface area contributed by atoms with Gasteiger partial charge < -0.3 is 19.7 Å². The van der Waals surface area contributed by atoms with Gasteiger partial charge in [-0.25, -0.2) is 9.97 Å². The van der Waals surface area contributed by atoms with Crippen molar-refractivity contribution in [2.75, 3.05) is 43.6 Å². The number of hydrogen-bond donors (Lipinski definition) is 2. The Labute approximate surface area is 199 Å². The number of anilines is 2. The summed E-state index contributed by atoms with van der Waals surface area (Å²) in [6.07, 6.45) is 0.432. The quantitative estimate of drug-likeness (QED) is 0.524. The fourth-order valence-corrected chi connectivity index (χ4v) is 4.52. The maximum atomic E-state index is 12.6. The van der Waals surface area contributed by atoms with Crippen LogP contribution in [0.15, 0.2) is 28.4 Å². The highest BCUT2D eigenvalue weighted by Crippen LogP contribution is 2.31. The van der Waals surface area contributed by atoms with E-state index in [1.165, 1.54) is 11.3 Å². The maximum Gasteiger partial charge on any atom is 0.255 e. The van der Waals surface area contributed by atoms with Crippen molar-refractivity contribution in [3.8, 4) is 17.0 Å². The lowest BCUT2D eigenvalue weighted by atomic mass is 10.1. The van der Waals surface area contributed by atoms with E-state index < -0.39 is 0 Å². The molecule has 4 rings (SSSR count). The van der Waals surface area contributed by atoms with Crippen LogP contribution in [-0.2, 0) is 16.0 Å². The summed E-state index contributed by atoms with van der Waals surface area (Å²) >= 11 is 7.51. The minimum Gasteiger partial charge on any atom is -0.495 e. The fourth-order valence-electron chi connectivity index (χ4n) is 3.52. The molecule has 0 aliphatic carbocycles. The molecule has 1 amide bonds. The van der Waals surface area contributed by atoms with Crippen molar-refractivity contribution in [1.29, 1.82) is 0 Å². The summed E-state index contributed by atoms with van der Waals surface area (Å²) in [5, 5.41) is 5.61. The molecule has 11 heteroatoms. The lowest BCUT2D eigenvalue weighted by Gasteiger charge is -2.27. The Hall–Kier alpha value is -2.95. The van der Waals surface area contributed by atoms with Crippen molar-refractivity contribution in [2.45, 2.75) is 19.8 Å². The van der Waals surface area contributed by atoms with E-state index in [0.29, 0.717) is 65.1 Å². The molecular weight excluding hydrogens is 466 g/mol. The second kappa shape index (κ2) is 10.3. The third-order valence-electron chi connectivity index (χ3n) is 5.32. The van der Waals surface area contributed by atoms with Crippen molar-refractivity contribution in [2.24, 2.45) is 0 Å². The summed E-state index contributed by atoms with van der Waals surface area (Å²) < 4.78 is 10.5. The van der Waals surface area contributed by atoms with Crippen molar-refractivity contribution < 1.29 is 14.3 Å². The third kappa shape index (κ3) is 5.52. The first kappa shape index (κ1) is 23.2. The average molecular weight is 490 g/mol. The van der Waals surface area contributed by atoms with E-state index in [2.05, 4.69) is 20.3 Å². The predicted molar refractivity (Wildman–Crippen MR) is 129 cm³/mol. The fraction of sp³-hybridized carbons (Fsp3) is 0.364. The van der Waals surface area contributed by atoms with Crippen LogP contribution in [-0.4, -0.2) is 54.3 Å². The number of carbonyl (C=O) groups is 1. The number of benzene rings is 1. The van der Waals surface area contributed by atoms with Crippen molar-refractivity contribution >= 4 is 39.9 Å². The van der Waals surface area contributed by atoms with Crippen molar-refractivity contribution in [3.05, 3.63) is 50.2 Å². The van der Waals surface area contributed by atoms with Crippen LogP contribution in [0.2, 0.25) is 5.02 Å². The molecule has 1 aliphatic rings. The Kier molecular flexibility index (Phi) is 7.26. The number of rotatable bonds is 7. The van der Waals surface area contributed by atoms with Gasteiger partial charge in [0.05, 0.1) is 31.0 Å². The van der Waals surface area contributed by atoms with Gasteiger partial charge in [0.1, 0.15) is 5.75 Å². The number of morpholine rings is 1. The van der Waals surface area contributed by atoms with Gasteiger partial charge >= 0.3 is 0 Å². The molecular formula is C22H24ClN5O4S. The lowest BCUT2D eigenvalue weighted by molar-refractivity contribution is -0.116. The second-order valence-corrected chi connectivity index (χ2v) is 8.75. The maximum absolute atomic E-state index is 12.6. The monoisotopic (exact) mass is 489 g/mol. The molecule has 9 nitrogen and oxygen atoms in total. The summed E-state index contributed by atoms with van der Waals surface area (Å²) in [4.78, 5) is 38.9. The topological polar surface area (TPSA) is 109 Å². The van der Waals surface area contributed by atoms with Crippen LogP contribution >= 0.6 is 22.9 Å². The Morgan fingerprint density at radius 1 is 1.33 bits per heavy atom. The van der Waals surface area contributed by atoms with Crippen molar-refractivity contribution in [1.82, 2.24) is 15.0 Å². The molecule has 0 unspecified atom stereocenters. The number of carbonyl (C=O) groups excluding carboxylic acids is 1. The number of aromatic amines is 1. The largest absolute Gasteiger partial charge is 0.495 e. The molecule has 33 heavy (non-hydrogen) atoms. The van der Waals surface area contributed by atoms with Crippen molar-refractivity contribution in [3.63, 3.8) is 0 Å². The van der Waals surface area contributed by atoms with Gasteiger partial charge in [-0.3, -0.25) is 14.6 Å². The summed E-state index contributed by atoms with van der Waals surface area (Å²) in [5.74, 6) is 0.907. The highest BCUT2D eigenvalue weighted by Gasteiger charge is 2.17. The van der Waals surface area contributed by atoms with Crippen LogP contribution in [0.4, 0.5) is 11.1 Å². The molecule has 0 radical (unpaired) electrons. The number of methoxy groups -OCH3 is 1. The van der Waals surface area contributed by atoms with E-state index >= 15 is 0 Å². The SMILES string of the molecule is COc1ccc(-c2csc(NC(=O)CCc3c(C)nc(N4CCOCC4)[nH]c3=O)n2)cc1Cl. The Morgan fingerprint density at radius 2 is 2.12 bits per heavy atom. The van der Waals surface area contributed by atoms with E-state index in [4.69, 9.17) is 21.1 Å². The number of amides is 1. The number of nitrogens with zero attached hydrogens (tertiary/aromatic N) is 3. The predicted octanol–water partition coefficient (Wildman–Crippen LogP) is 3.27. The third-order valence-corrected chi connectivity index (χ3v) is 6.37. The van der Waals surface area contributed by atoms with Gasteiger partial charge in [-0.15, -0.1) is 11.3 Å². The molecule has 1 fully saturated rings. The number of halogens is 1. The van der Waals surface area contributed by atoms with Gasteiger partial charge in [-0.05, 0) is 31.5 Å². The zero-order valence-corrected chi connectivity index (χ0v) is 19.9.